The Morgan fingerprint density at radius 3 is 1.69 bits per heavy atom. The maximum Gasteiger partial charge on any atom is 0.335 e. The number of carbonyl (C=O) groups excluding carboxylic acids is 2. The molecule has 2 N–H and O–H groups in total. The van der Waals surface area contributed by atoms with Crippen LogP contribution in [0.25, 0.3) is 10.9 Å². The largest absolute Gasteiger partial charge is 0.497 e. The van der Waals surface area contributed by atoms with Crippen LogP contribution < -0.4 is 44.4 Å². The highest BCUT2D eigenvalue weighted by atomic mass is 16.5. The number of anilines is 8. The van der Waals surface area contributed by atoms with Gasteiger partial charge in [-0.25, -0.2) is 29.4 Å². The Morgan fingerprint density at radius 1 is 0.672 bits per heavy atom. The molecule has 4 amide bonds. The minimum Gasteiger partial charge on any atom is -0.497 e. The molecule has 17 nitrogen and oxygen atoms in total. The van der Waals surface area contributed by atoms with Crippen molar-refractivity contribution in [1.29, 1.82) is 0 Å². The molecule has 5 heterocycles. The molecule has 0 radical (unpaired) electrons. The fourth-order valence-corrected chi connectivity index (χ4v) is 7.52. The van der Waals surface area contributed by atoms with Gasteiger partial charge < -0.3 is 24.8 Å². The number of rotatable bonds is 12. The first-order chi connectivity index (χ1) is 32.4. The average Bonchev–Trinajstić information content (AvgIpc) is 4.09. The third kappa shape index (κ3) is 8.47. The third-order valence-corrected chi connectivity index (χ3v) is 11.0. The quantitative estimate of drug-likeness (QED) is 0.120. The Hall–Kier alpha value is -7.95. The first kappa shape index (κ1) is 37.8. The van der Waals surface area contributed by atoms with Gasteiger partial charge in [-0.2, -0.15) is 15.1 Å². The number of urea groups is 2. The Bertz CT molecular complexity index is 2910. The molecule has 1 saturated carbocycles. The van der Waals surface area contributed by atoms with Crippen LogP contribution in [0.5, 0.6) is 17.2 Å². The number of methoxy groups -OCH3 is 3. The summed E-state index contributed by atoms with van der Waals surface area (Å²) in [7, 11) is 2.52. The summed E-state index contributed by atoms with van der Waals surface area (Å²) in [6.45, 7) is 4.10. The van der Waals surface area contributed by atoms with E-state index in [0.29, 0.717) is 66.1 Å². The third-order valence-electron chi connectivity index (χ3n) is 11.0. The molecule has 3 aromatic heterocycles. The van der Waals surface area contributed by atoms with Crippen molar-refractivity contribution in [2.75, 3.05) is 64.6 Å². The first-order valence-corrected chi connectivity index (χ1v) is 20.8. The van der Waals surface area contributed by atoms with E-state index >= 15 is 0 Å². The van der Waals surface area contributed by atoms with Crippen LogP contribution in [0, 0.1) is 5.92 Å². The molecule has 0 bridgehead atoms. The molecule has 326 valence electrons. The number of nitrogens with one attached hydrogen (secondary N) is 2. The molecule has 2 aliphatic heterocycles. The van der Waals surface area contributed by atoms with E-state index in [2.05, 4.69) is 30.7 Å². The summed E-state index contributed by atoms with van der Waals surface area (Å²) in [6, 6.07) is 26.3. The second kappa shape index (κ2) is 17.8. The second-order valence-corrected chi connectivity index (χ2v) is 15.4. The van der Waals surface area contributed by atoms with Gasteiger partial charge in [-0.15, -0.1) is 0 Å². The van der Waals surface area contributed by atoms with Gasteiger partial charge in [0, 0.05) is 66.6 Å². The standard InChI is InChI=1S/C24H25N5O3.C23H23N7O2/c1-31-20-9-5-18(6-10-20)28-15-17-14-26-23(25-13-16-3-4-16)27-22(17)29(24(28)30)19-7-11-21(32-2)12-8-19;1-4-24-22-25-12-16-14-29(18-7-10-20-15(11-18)13-28(2)27-20)23(31)30(21(16)26-22)17-5-8-19(32-3)9-6-17/h5-12,14,16H,3-4,13,15H2,1-2H3,(H,25,26,27);5-13H,4,14H2,1-3H3,(H,24,25,26)/i;3D3. The fraction of sp³-hybridized carbons (Fsp3) is 0.255. The Balaban J connectivity index is 0.000000169. The van der Waals surface area contributed by atoms with E-state index in [4.69, 9.17) is 23.3 Å². The van der Waals surface area contributed by atoms with Crippen LogP contribution in [0.3, 0.4) is 0 Å². The summed E-state index contributed by atoms with van der Waals surface area (Å²) < 4.78 is 39.1. The lowest BCUT2D eigenvalue weighted by Crippen LogP contribution is -2.45. The summed E-state index contributed by atoms with van der Waals surface area (Å²) in [5.41, 5.74) is 5.18. The van der Waals surface area contributed by atoms with Crippen LogP contribution in [0.2, 0.25) is 0 Å². The van der Waals surface area contributed by atoms with Gasteiger partial charge in [-0.05, 0) is 117 Å². The molecule has 17 heteroatoms. The van der Waals surface area contributed by atoms with Gasteiger partial charge in [0.15, 0.2) is 11.6 Å². The van der Waals surface area contributed by atoms with Crippen LogP contribution in [0.4, 0.5) is 55.9 Å². The zero-order valence-electron chi connectivity index (χ0n) is 38.7. The predicted molar refractivity (Wildman–Crippen MR) is 247 cm³/mol. The summed E-state index contributed by atoms with van der Waals surface area (Å²) in [4.78, 5) is 52.2. The highest BCUT2D eigenvalue weighted by Gasteiger charge is 2.36. The van der Waals surface area contributed by atoms with E-state index in [-0.39, 0.29) is 17.8 Å². The molecule has 7 aromatic rings. The van der Waals surface area contributed by atoms with Crippen molar-refractivity contribution in [2.24, 2.45) is 13.0 Å². The lowest BCUT2D eigenvalue weighted by atomic mass is 10.1. The maximum absolute atomic E-state index is 13.8. The van der Waals surface area contributed by atoms with E-state index < -0.39 is 7.04 Å². The number of benzene rings is 4. The monoisotopic (exact) mass is 863 g/mol. The second-order valence-electron chi connectivity index (χ2n) is 15.4. The highest BCUT2D eigenvalue weighted by Crippen LogP contribution is 2.39. The van der Waals surface area contributed by atoms with Crippen molar-refractivity contribution in [2.45, 2.75) is 32.9 Å². The molecule has 64 heavy (non-hydrogen) atoms. The predicted octanol–water partition coefficient (Wildman–Crippen LogP) is 8.68. The topological polar surface area (TPSA) is 168 Å². The van der Waals surface area contributed by atoms with Crippen LogP contribution >= 0.6 is 0 Å². The lowest BCUT2D eigenvalue weighted by molar-refractivity contribution is 0.251. The first-order valence-electron chi connectivity index (χ1n) is 22.3. The number of carbonyl (C=O) groups is 2. The number of ether oxygens (including phenoxy) is 3. The van der Waals surface area contributed by atoms with E-state index in [1.165, 1.54) is 29.9 Å². The summed E-state index contributed by atoms with van der Waals surface area (Å²) in [6.07, 6.45) is 7.89. The van der Waals surface area contributed by atoms with Crippen LogP contribution in [-0.4, -0.2) is 76.1 Å². The van der Waals surface area contributed by atoms with Crippen LogP contribution in [0.15, 0.2) is 110 Å². The van der Waals surface area contributed by atoms with Crippen molar-refractivity contribution in [3.63, 3.8) is 0 Å². The molecule has 1 aliphatic carbocycles. The fourth-order valence-electron chi connectivity index (χ4n) is 7.52. The van der Waals surface area contributed by atoms with Gasteiger partial charge in [-0.3, -0.25) is 14.5 Å². The number of aromatic nitrogens is 6. The normalized spacial score (nSPS) is 15.3. The Labute approximate surface area is 374 Å². The SMILES string of the molecule is COc1ccc(N2Cc3cnc(NCC4CC4)nc3N(c3ccc(OC)cc3)C2=O)cc1.[2H]C([2H])([2H])Oc1ccc(N2C(=O)N(c3ccc4nn(C)cc4c3)Cc3cnc(NCC)nc32)cc1. The van der Waals surface area contributed by atoms with E-state index in [1.807, 2.05) is 86.9 Å². The number of fused-ring (bicyclic) bond motifs is 3. The summed E-state index contributed by atoms with van der Waals surface area (Å²) >= 11 is 0. The highest BCUT2D eigenvalue weighted by molar-refractivity contribution is 6.11. The Morgan fingerprint density at radius 2 is 1.17 bits per heavy atom. The van der Waals surface area contributed by atoms with Gasteiger partial charge >= 0.3 is 12.1 Å². The molecule has 0 atom stereocenters. The van der Waals surface area contributed by atoms with Crippen molar-refractivity contribution in [1.82, 2.24) is 29.7 Å². The zero-order valence-corrected chi connectivity index (χ0v) is 35.7. The van der Waals surface area contributed by atoms with Crippen molar-refractivity contribution < 1.29 is 27.9 Å². The minimum atomic E-state index is -2.56. The zero-order chi connectivity index (χ0) is 46.8. The number of nitrogens with zero attached hydrogens (tertiary/aromatic N) is 10. The lowest BCUT2D eigenvalue weighted by Gasteiger charge is -2.36. The molecule has 0 spiro atoms. The summed E-state index contributed by atoms with van der Waals surface area (Å²) in [5, 5.41) is 11.7. The van der Waals surface area contributed by atoms with Crippen molar-refractivity contribution >= 4 is 69.2 Å². The van der Waals surface area contributed by atoms with Crippen molar-refractivity contribution in [3.05, 3.63) is 121 Å². The smallest absolute Gasteiger partial charge is 0.335 e. The number of hydrogen-bond acceptors (Lipinski definition) is 12. The van der Waals surface area contributed by atoms with Gasteiger partial charge in [-0.1, -0.05) is 0 Å². The van der Waals surface area contributed by atoms with E-state index in [9.17, 15) is 9.59 Å². The van der Waals surface area contributed by atoms with Gasteiger partial charge in [0.25, 0.3) is 0 Å². The van der Waals surface area contributed by atoms with Crippen molar-refractivity contribution in [3.8, 4) is 17.2 Å². The number of amides is 4. The maximum atomic E-state index is 13.8. The molecular weight excluding hydrogens is 813 g/mol. The molecule has 4 aromatic carbocycles. The van der Waals surface area contributed by atoms with Crippen LogP contribution in [-0.2, 0) is 20.1 Å². The van der Waals surface area contributed by atoms with E-state index in [0.717, 1.165) is 45.8 Å². The van der Waals surface area contributed by atoms with E-state index in [1.54, 1.807) is 58.1 Å². The molecule has 0 unspecified atom stereocenters. The van der Waals surface area contributed by atoms with Gasteiger partial charge in [0.2, 0.25) is 11.9 Å². The Kier molecular flexibility index (Phi) is 10.5. The van der Waals surface area contributed by atoms with Crippen LogP contribution in [0.1, 0.15) is 35.0 Å². The molecule has 0 saturated heterocycles. The molecular formula is C47H48N12O5. The van der Waals surface area contributed by atoms with Gasteiger partial charge in [0.1, 0.15) is 17.2 Å². The molecule has 3 aliphatic rings. The van der Waals surface area contributed by atoms with Gasteiger partial charge in [0.05, 0.1) is 55.4 Å². The minimum absolute atomic E-state index is 0.174. The number of hydrogen-bond donors (Lipinski definition) is 2. The molecule has 1 fully saturated rings. The number of aryl methyl sites for hydroxylation is 1. The molecule has 10 rings (SSSR count). The average molecular weight is 864 g/mol. The summed E-state index contributed by atoms with van der Waals surface area (Å²) in [5.74, 6) is 4.34.